The third-order valence-electron chi connectivity index (χ3n) is 5.59. The highest BCUT2D eigenvalue weighted by Gasteiger charge is 2.21. The first-order valence-electron chi connectivity index (χ1n) is 10.5. The van der Waals surface area contributed by atoms with Crippen molar-refractivity contribution >= 4 is 34.4 Å². The van der Waals surface area contributed by atoms with Crippen LogP contribution in [0.15, 0.2) is 54.9 Å². The lowest BCUT2D eigenvalue weighted by Crippen LogP contribution is -2.35. The lowest BCUT2D eigenvalue weighted by atomic mass is 9.92. The van der Waals surface area contributed by atoms with Crippen molar-refractivity contribution in [1.29, 1.82) is 0 Å². The molecule has 3 heterocycles. The van der Waals surface area contributed by atoms with Gasteiger partial charge in [-0.15, -0.1) is 0 Å². The number of amides is 2. The van der Waals surface area contributed by atoms with E-state index >= 15 is 0 Å². The molecule has 0 fully saturated rings. The third-order valence-corrected chi connectivity index (χ3v) is 5.84. The fraction of sp³-hybridized carbons (Fsp3) is 0.250. The van der Waals surface area contributed by atoms with Crippen LogP contribution in [-0.4, -0.2) is 26.2 Å². The summed E-state index contributed by atoms with van der Waals surface area (Å²) in [5, 5.41) is 14.9. The molecule has 2 unspecified atom stereocenters. The number of hydrogen-bond acceptors (Lipinski definition) is 4. The highest BCUT2D eigenvalue weighted by Crippen LogP contribution is 2.28. The van der Waals surface area contributed by atoms with Crippen LogP contribution in [0.25, 0.3) is 22.2 Å². The Kier molecular flexibility index (Phi) is 6.37. The molecule has 3 aromatic heterocycles. The van der Waals surface area contributed by atoms with E-state index in [4.69, 9.17) is 11.6 Å². The number of fused-ring (bicyclic) bond motifs is 1. The largest absolute Gasteiger partial charge is 0.331 e. The number of halogens is 1. The summed E-state index contributed by atoms with van der Waals surface area (Å²) in [5.74, 6) is 0.687. The van der Waals surface area contributed by atoms with Crippen molar-refractivity contribution in [1.82, 2.24) is 25.5 Å². The van der Waals surface area contributed by atoms with Crippen molar-refractivity contribution < 1.29 is 4.79 Å². The summed E-state index contributed by atoms with van der Waals surface area (Å²) in [7, 11) is 0. The number of nitrogens with zero attached hydrogens (tertiary/aromatic N) is 3. The molecule has 0 saturated heterocycles. The van der Waals surface area contributed by atoms with Crippen LogP contribution in [0.2, 0.25) is 5.02 Å². The molecule has 4 aromatic rings. The van der Waals surface area contributed by atoms with Crippen LogP contribution >= 0.6 is 11.6 Å². The number of carbonyl (C=O) groups is 1. The van der Waals surface area contributed by atoms with Gasteiger partial charge in [0.1, 0.15) is 11.5 Å². The van der Waals surface area contributed by atoms with E-state index in [0.717, 1.165) is 39.8 Å². The van der Waals surface area contributed by atoms with Crippen LogP contribution in [0.3, 0.4) is 0 Å². The summed E-state index contributed by atoms with van der Waals surface area (Å²) in [6.45, 7) is 6.15. The van der Waals surface area contributed by atoms with Gasteiger partial charge in [0.15, 0.2) is 0 Å². The maximum absolute atomic E-state index is 12.8. The number of carbonyl (C=O) groups excluding carboxylic acids is 1. The standard InChI is InChI=1S/C24H25ClN6O/c1-4-14(2)22(16-5-7-18(25)8-6-16)29-24(32)28-21-12-20-19(13-27-21)23(31-30-20)17-9-10-26-15(3)11-17/h5-14,22H,4H2,1-3H3,(H,30,31)(H2,27,28,29,32). The average Bonchev–Trinajstić information content (AvgIpc) is 3.21. The molecule has 3 N–H and O–H groups in total. The summed E-state index contributed by atoms with van der Waals surface area (Å²) in [6, 6.07) is 12.8. The highest BCUT2D eigenvalue weighted by atomic mass is 35.5. The van der Waals surface area contributed by atoms with Gasteiger partial charge >= 0.3 is 6.03 Å². The van der Waals surface area contributed by atoms with Gasteiger partial charge in [0, 0.05) is 40.1 Å². The Balaban J connectivity index is 1.52. The van der Waals surface area contributed by atoms with Gasteiger partial charge in [0.2, 0.25) is 0 Å². The number of rotatable bonds is 6. The van der Waals surface area contributed by atoms with E-state index in [2.05, 4.69) is 44.6 Å². The van der Waals surface area contributed by atoms with Crippen molar-refractivity contribution in [3.8, 4) is 11.3 Å². The lowest BCUT2D eigenvalue weighted by Gasteiger charge is -2.25. The van der Waals surface area contributed by atoms with Gasteiger partial charge in [-0.3, -0.25) is 15.4 Å². The average molecular weight is 449 g/mol. The Bertz CT molecular complexity index is 1240. The molecule has 0 radical (unpaired) electrons. The number of pyridine rings is 2. The molecule has 2 atom stereocenters. The third kappa shape index (κ3) is 4.73. The second-order valence-electron chi connectivity index (χ2n) is 7.89. The SMILES string of the molecule is CCC(C)C(NC(=O)Nc1cc2[nH]nc(-c3ccnc(C)c3)c2cn1)c1ccc(Cl)cc1. The van der Waals surface area contributed by atoms with E-state index in [0.29, 0.717) is 10.8 Å². The van der Waals surface area contributed by atoms with Gasteiger partial charge in [-0.25, -0.2) is 9.78 Å². The van der Waals surface area contributed by atoms with E-state index < -0.39 is 0 Å². The maximum Gasteiger partial charge on any atom is 0.320 e. The molecule has 0 aliphatic heterocycles. The molecule has 0 saturated carbocycles. The number of urea groups is 1. The Morgan fingerprint density at radius 3 is 2.66 bits per heavy atom. The van der Waals surface area contributed by atoms with Gasteiger partial charge in [0.05, 0.1) is 11.6 Å². The smallest absolute Gasteiger partial charge is 0.320 e. The number of nitrogens with one attached hydrogen (secondary N) is 3. The van der Waals surface area contributed by atoms with Crippen molar-refractivity contribution in [3.05, 3.63) is 71.1 Å². The zero-order chi connectivity index (χ0) is 22.7. The van der Waals surface area contributed by atoms with Crippen LogP contribution in [0.1, 0.15) is 37.6 Å². The molecule has 1 aromatic carbocycles. The molecule has 2 amide bonds. The summed E-state index contributed by atoms with van der Waals surface area (Å²) in [6.07, 6.45) is 4.39. The zero-order valence-electron chi connectivity index (χ0n) is 18.2. The molecule has 0 aliphatic rings. The van der Waals surface area contributed by atoms with E-state index in [-0.39, 0.29) is 18.0 Å². The number of aromatic amines is 1. The van der Waals surface area contributed by atoms with Crippen LogP contribution in [0.5, 0.6) is 0 Å². The molecule has 0 aliphatic carbocycles. The van der Waals surface area contributed by atoms with Crippen LogP contribution < -0.4 is 10.6 Å². The minimum absolute atomic E-state index is 0.144. The fourth-order valence-corrected chi connectivity index (χ4v) is 3.77. The van der Waals surface area contributed by atoms with Gasteiger partial charge in [0.25, 0.3) is 0 Å². The molecular formula is C24H25ClN6O. The predicted octanol–water partition coefficient (Wildman–Crippen LogP) is 5.89. The molecule has 4 rings (SSSR count). The van der Waals surface area contributed by atoms with Gasteiger partial charge in [-0.1, -0.05) is 44.0 Å². The van der Waals surface area contributed by atoms with Crippen LogP contribution in [-0.2, 0) is 0 Å². The van der Waals surface area contributed by atoms with Crippen LogP contribution in [0.4, 0.5) is 10.6 Å². The second kappa shape index (κ2) is 9.36. The number of H-pyrrole nitrogens is 1. The molecule has 0 spiro atoms. The first-order chi connectivity index (χ1) is 15.4. The van der Waals surface area contributed by atoms with E-state index in [9.17, 15) is 4.79 Å². The molecule has 32 heavy (non-hydrogen) atoms. The van der Waals surface area contributed by atoms with Crippen LogP contribution in [0, 0.1) is 12.8 Å². The summed E-state index contributed by atoms with van der Waals surface area (Å²) >= 11 is 6.02. The molecule has 8 heteroatoms. The monoisotopic (exact) mass is 448 g/mol. The molecular weight excluding hydrogens is 424 g/mol. The quantitative estimate of drug-likeness (QED) is 0.342. The Hall–Kier alpha value is -3.45. The Morgan fingerprint density at radius 1 is 1.16 bits per heavy atom. The zero-order valence-corrected chi connectivity index (χ0v) is 18.9. The Labute approximate surface area is 191 Å². The van der Waals surface area contributed by atoms with Gasteiger partial charge < -0.3 is 5.32 Å². The topological polar surface area (TPSA) is 95.6 Å². The molecule has 0 bridgehead atoms. The van der Waals surface area contributed by atoms with Gasteiger partial charge in [-0.2, -0.15) is 5.10 Å². The fourth-order valence-electron chi connectivity index (χ4n) is 3.65. The minimum Gasteiger partial charge on any atom is -0.331 e. The normalized spacial score (nSPS) is 13.0. The number of hydrogen-bond donors (Lipinski definition) is 3. The summed E-state index contributed by atoms with van der Waals surface area (Å²) < 4.78 is 0. The van der Waals surface area contributed by atoms with E-state index in [1.807, 2.05) is 43.3 Å². The number of aryl methyl sites for hydroxylation is 1. The van der Waals surface area contributed by atoms with E-state index in [1.54, 1.807) is 18.5 Å². The number of benzene rings is 1. The molecule has 7 nitrogen and oxygen atoms in total. The lowest BCUT2D eigenvalue weighted by molar-refractivity contribution is 0.243. The van der Waals surface area contributed by atoms with E-state index in [1.165, 1.54) is 0 Å². The predicted molar refractivity (Wildman–Crippen MR) is 128 cm³/mol. The first-order valence-corrected chi connectivity index (χ1v) is 10.9. The van der Waals surface area contributed by atoms with Crippen molar-refractivity contribution in [2.75, 3.05) is 5.32 Å². The molecule has 164 valence electrons. The number of aromatic nitrogens is 4. The van der Waals surface area contributed by atoms with Gasteiger partial charge in [-0.05, 0) is 42.7 Å². The second-order valence-corrected chi connectivity index (χ2v) is 8.32. The Morgan fingerprint density at radius 2 is 1.94 bits per heavy atom. The first kappa shape index (κ1) is 21.8. The van der Waals surface area contributed by atoms with Crippen molar-refractivity contribution in [3.63, 3.8) is 0 Å². The maximum atomic E-state index is 12.8. The van der Waals surface area contributed by atoms with Crippen molar-refractivity contribution in [2.24, 2.45) is 5.92 Å². The highest BCUT2D eigenvalue weighted by molar-refractivity contribution is 6.30. The van der Waals surface area contributed by atoms with Crippen molar-refractivity contribution in [2.45, 2.75) is 33.2 Å². The minimum atomic E-state index is -0.318. The summed E-state index contributed by atoms with van der Waals surface area (Å²) in [5.41, 5.74) is 4.47. The summed E-state index contributed by atoms with van der Waals surface area (Å²) in [4.78, 5) is 21.4. The number of anilines is 1.